The summed E-state index contributed by atoms with van der Waals surface area (Å²) in [6.45, 7) is 0. The van der Waals surface area contributed by atoms with Gasteiger partial charge in [-0.3, -0.25) is 4.79 Å². The Morgan fingerprint density at radius 3 is 2.09 bits per heavy atom. The molecular weight excluding hydrogens is 332 g/mol. The topological polar surface area (TPSA) is 51.3 Å². The highest BCUT2D eigenvalue weighted by Crippen LogP contribution is 2.42. The third-order valence-electron chi connectivity index (χ3n) is 3.07. The van der Waals surface area contributed by atoms with E-state index in [1.54, 1.807) is 4.98 Å². The number of H-pyrrole nitrogens is 1. The van der Waals surface area contributed by atoms with Crippen molar-refractivity contribution in [1.29, 1.82) is 0 Å². The lowest BCUT2D eigenvalue weighted by atomic mass is 10.0. The Morgan fingerprint density at radius 1 is 1.04 bits per heavy atom. The van der Waals surface area contributed by atoms with Crippen LogP contribution in [0.15, 0.2) is 12.1 Å². The van der Waals surface area contributed by atoms with Gasteiger partial charge in [0.1, 0.15) is 17.2 Å². The molecule has 0 aliphatic carbocycles. The van der Waals surface area contributed by atoms with Gasteiger partial charge in [0.25, 0.3) is 5.78 Å². The molecule has 0 aliphatic heterocycles. The number of methoxy groups -OCH3 is 2. The van der Waals surface area contributed by atoms with Crippen LogP contribution < -0.4 is 9.47 Å². The quantitative estimate of drug-likeness (QED) is 0.679. The summed E-state index contributed by atoms with van der Waals surface area (Å²) in [6.07, 6.45) is -10.7. The van der Waals surface area contributed by atoms with Crippen molar-refractivity contribution in [2.24, 2.45) is 0 Å². The number of aromatic amines is 1. The number of fused-ring (bicyclic) bond motifs is 1. The summed E-state index contributed by atoms with van der Waals surface area (Å²) in [5, 5.41) is -0.587. The predicted molar refractivity (Wildman–Crippen MR) is 66.8 cm³/mol. The Balaban J connectivity index is 2.92. The summed E-state index contributed by atoms with van der Waals surface area (Å²) in [7, 11) is 2.29. The first-order valence-corrected chi connectivity index (χ1v) is 5.97. The molecule has 2 rings (SSSR count). The zero-order chi connectivity index (χ0) is 17.6. The third-order valence-corrected chi connectivity index (χ3v) is 3.07. The maximum Gasteiger partial charge on any atom is 0.454 e. The Hall–Kier alpha value is -2.39. The largest absolute Gasteiger partial charge is 0.497 e. The molecule has 126 valence electrons. The van der Waals surface area contributed by atoms with Crippen LogP contribution in [0.3, 0.4) is 0 Å². The van der Waals surface area contributed by atoms with E-state index < -0.39 is 34.8 Å². The lowest BCUT2D eigenvalue weighted by Gasteiger charge is -2.10. The molecule has 0 radical (unpaired) electrons. The molecule has 4 nitrogen and oxygen atoms in total. The Kier molecular flexibility index (Phi) is 3.95. The lowest BCUT2D eigenvalue weighted by molar-refractivity contribution is -0.141. The molecule has 0 saturated carbocycles. The van der Waals surface area contributed by atoms with Crippen LogP contribution in [0.5, 0.6) is 11.5 Å². The molecule has 2 aromatic rings. The molecule has 0 amide bonds. The van der Waals surface area contributed by atoms with Crippen LogP contribution in [0.2, 0.25) is 0 Å². The highest BCUT2D eigenvalue weighted by Gasteiger charge is 2.47. The van der Waals surface area contributed by atoms with Gasteiger partial charge in [-0.1, -0.05) is 0 Å². The van der Waals surface area contributed by atoms with E-state index in [4.69, 9.17) is 9.47 Å². The molecular formula is C13H9F6NO3. The molecule has 0 aliphatic rings. The van der Waals surface area contributed by atoms with Crippen molar-refractivity contribution >= 4 is 16.7 Å². The number of hydrogen-bond acceptors (Lipinski definition) is 3. The minimum absolute atomic E-state index is 0.0571. The Bertz CT molecular complexity index is 760. The summed E-state index contributed by atoms with van der Waals surface area (Å²) >= 11 is 0. The first kappa shape index (κ1) is 17.0. The van der Waals surface area contributed by atoms with E-state index in [1.807, 2.05) is 0 Å². The highest BCUT2D eigenvalue weighted by atomic mass is 19.4. The summed E-state index contributed by atoms with van der Waals surface area (Å²) < 4.78 is 86.8. The van der Waals surface area contributed by atoms with Gasteiger partial charge in [-0.25, -0.2) is 0 Å². The van der Waals surface area contributed by atoms with E-state index in [1.165, 1.54) is 13.2 Å². The number of hydrogen-bond donors (Lipinski definition) is 1. The minimum atomic E-state index is -5.47. The molecule has 0 bridgehead atoms. The van der Waals surface area contributed by atoms with E-state index >= 15 is 0 Å². The molecule has 23 heavy (non-hydrogen) atoms. The second-order valence-corrected chi connectivity index (χ2v) is 4.45. The number of ether oxygens (including phenoxy) is 2. The van der Waals surface area contributed by atoms with Gasteiger partial charge >= 0.3 is 12.4 Å². The summed E-state index contributed by atoms with van der Waals surface area (Å²) in [4.78, 5) is 13.3. The number of ketones is 1. The normalized spacial score (nSPS) is 12.5. The minimum Gasteiger partial charge on any atom is -0.497 e. The van der Waals surface area contributed by atoms with E-state index in [0.717, 1.165) is 13.2 Å². The van der Waals surface area contributed by atoms with Crippen LogP contribution in [0.4, 0.5) is 26.3 Å². The van der Waals surface area contributed by atoms with E-state index in [9.17, 15) is 31.1 Å². The number of nitrogens with one attached hydrogen (secondary N) is 1. The van der Waals surface area contributed by atoms with Crippen molar-refractivity contribution in [2.75, 3.05) is 14.2 Å². The molecule has 10 heteroatoms. The van der Waals surface area contributed by atoms with Gasteiger partial charge in [-0.2, -0.15) is 26.3 Å². The van der Waals surface area contributed by atoms with Crippen molar-refractivity contribution in [2.45, 2.75) is 12.4 Å². The molecule has 1 N–H and O–H groups in total. The maximum atomic E-state index is 13.0. The fraction of sp³-hybridized carbons (Fsp3) is 0.308. The SMILES string of the molecule is COc1cc(OC)c2[nH]c(C(F)(F)F)c(C(=O)C(F)(F)F)c2c1. The zero-order valence-corrected chi connectivity index (χ0v) is 11.6. The molecule has 1 heterocycles. The molecule has 0 spiro atoms. The molecule has 1 aromatic heterocycles. The van der Waals surface area contributed by atoms with Crippen molar-refractivity contribution in [3.05, 3.63) is 23.4 Å². The lowest BCUT2D eigenvalue weighted by Crippen LogP contribution is -2.25. The second kappa shape index (κ2) is 5.36. The Morgan fingerprint density at radius 2 is 1.65 bits per heavy atom. The van der Waals surface area contributed by atoms with Crippen LogP contribution in [0.1, 0.15) is 16.1 Å². The van der Waals surface area contributed by atoms with Gasteiger partial charge in [0.05, 0.1) is 25.3 Å². The monoisotopic (exact) mass is 341 g/mol. The van der Waals surface area contributed by atoms with E-state index in [0.29, 0.717) is 0 Å². The van der Waals surface area contributed by atoms with Crippen molar-refractivity contribution in [1.82, 2.24) is 4.98 Å². The summed E-state index contributed by atoms with van der Waals surface area (Å²) in [6, 6.07) is 2.09. The first-order chi connectivity index (χ1) is 10.5. The number of halogens is 6. The standard InChI is InChI=1S/C13H9F6NO3/c1-22-5-3-6-8(11(21)13(17,18)19)10(12(14,15)16)20-9(6)7(4-5)23-2/h3-4,20H,1-2H3. The van der Waals surface area contributed by atoms with Crippen LogP contribution in [-0.2, 0) is 6.18 Å². The molecule has 1 aromatic carbocycles. The fourth-order valence-corrected chi connectivity index (χ4v) is 2.11. The van der Waals surface area contributed by atoms with Crippen molar-refractivity contribution in [3.8, 4) is 11.5 Å². The van der Waals surface area contributed by atoms with Gasteiger partial charge in [-0.15, -0.1) is 0 Å². The average Bonchev–Trinajstić information content (AvgIpc) is 2.83. The summed E-state index contributed by atoms with van der Waals surface area (Å²) in [5.41, 5.74) is -3.69. The van der Waals surface area contributed by atoms with Gasteiger partial charge in [0.15, 0.2) is 0 Å². The number of rotatable bonds is 3. The smallest absolute Gasteiger partial charge is 0.454 e. The van der Waals surface area contributed by atoms with Crippen molar-refractivity contribution in [3.63, 3.8) is 0 Å². The molecule has 0 unspecified atom stereocenters. The van der Waals surface area contributed by atoms with Crippen LogP contribution in [0.25, 0.3) is 10.9 Å². The molecule has 0 atom stereocenters. The number of carbonyl (C=O) groups excluding carboxylic acids is 1. The fourth-order valence-electron chi connectivity index (χ4n) is 2.11. The van der Waals surface area contributed by atoms with Gasteiger partial charge in [-0.05, 0) is 6.07 Å². The number of Topliss-reactive ketones (excluding diaryl/α,β-unsaturated/α-hetero) is 1. The Labute approximate surface area is 125 Å². The second-order valence-electron chi connectivity index (χ2n) is 4.45. The number of aromatic nitrogens is 1. The van der Waals surface area contributed by atoms with Gasteiger partial charge < -0.3 is 14.5 Å². The number of alkyl halides is 6. The summed E-state index contributed by atoms with van der Waals surface area (Å²) in [5.74, 6) is -2.85. The zero-order valence-electron chi connectivity index (χ0n) is 11.6. The first-order valence-electron chi connectivity index (χ1n) is 5.97. The molecule has 0 saturated heterocycles. The highest BCUT2D eigenvalue weighted by molar-refractivity contribution is 6.13. The number of benzene rings is 1. The van der Waals surface area contributed by atoms with Crippen LogP contribution in [-0.4, -0.2) is 31.2 Å². The van der Waals surface area contributed by atoms with Crippen LogP contribution in [0, 0.1) is 0 Å². The number of carbonyl (C=O) groups is 1. The van der Waals surface area contributed by atoms with E-state index in [-0.39, 0.29) is 17.0 Å². The third kappa shape index (κ3) is 2.92. The maximum absolute atomic E-state index is 13.0. The predicted octanol–water partition coefficient (Wildman–Crippen LogP) is 3.95. The molecule has 0 fully saturated rings. The van der Waals surface area contributed by atoms with Crippen LogP contribution >= 0.6 is 0 Å². The van der Waals surface area contributed by atoms with Gasteiger partial charge in [0.2, 0.25) is 0 Å². The van der Waals surface area contributed by atoms with Crippen molar-refractivity contribution < 1.29 is 40.6 Å². The van der Waals surface area contributed by atoms with E-state index in [2.05, 4.69) is 0 Å². The average molecular weight is 341 g/mol. The van der Waals surface area contributed by atoms with Gasteiger partial charge in [0, 0.05) is 11.5 Å².